The Kier molecular flexibility index (Phi) is 5.75. The summed E-state index contributed by atoms with van der Waals surface area (Å²) in [6.45, 7) is 0.523. The quantitative estimate of drug-likeness (QED) is 0.841. The van der Waals surface area contributed by atoms with Crippen LogP contribution in [0, 0.1) is 5.92 Å². The van der Waals surface area contributed by atoms with Crippen LogP contribution in [0.25, 0.3) is 0 Å². The van der Waals surface area contributed by atoms with Crippen LogP contribution in [0.4, 0.5) is 4.79 Å². The molecule has 0 heterocycles. The largest absolute Gasteiger partial charge is 0.445 e. The maximum Gasteiger partial charge on any atom is 0.407 e. The zero-order valence-corrected chi connectivity index (χ0v) is 12.0. The molecule has 0 radical (unpaired) electrons. The Morgan fingerprint density at radius 1 is 1.38 bits per heavy atom. The van der Waals surface area contributed by atoms with E-state index in [2.05, 4.69) is 5.32 Å². The minimum Gasteiger partial charge on any atom is -0.445 e. The van der Waals surface area contributed by atoms with Crippen LogP contribution >= 0.6 is 0 Å². The average molecular weight is 291 g/mol. The van der Waals surface area contributed by atoms with Crippen molar-refractivity contribution in [3.05, 3.63) is 35.9 Å². The number of Topliss-reactive ketones (excluding diaryl/α,β-unsaturated/α-hetero) is 1. The molecule has 1 aromatic rings. The first-order valence-corrected chi connectivity index (χ1v) is 7.32. The molecular formula is C16H21NO4. The van der Waals surface area contributed by atoms with Crippen molar-refractivity contribution in [3.63, 3.8) is 0 Å². The summed E-state index contributed by atoms with van der Waals surface area (Å²) in [5.41, 5.74) is 0.921. The van der Waals surface area contributed by atoms with Crippen molar-refractivity contribution < 1.29 is 19.4 Å². The van der Waals surface area contributed by atoms with Crippen molar-refractivity contribution in [2.24, 2.45) is 5.92 Å². The van der Waals surface area contributed by atoms with Gasteiger partial charge in [-0.15, -0.1) is 0 Å². The van der Waals surface area contributed by atoms with E-state index in [0.717, 1.165) is 18.4 Å². The van der Waals surface area contributed by atoms with Crippen molar-refractivity contribution in [2.75, 3.05) is 6.54 Å². The second-order valence-corrected chi connectivity index (χ2v) is 5.31. The number of hydrogen-bond donors (Lipinski definition) is 2. The van der Waals surface area contributed by atoms with Crippen LogP contribution in [0.15, 0.2) is 30.3 Å². The molecule has 0 aliphatic heterocycles. The molecule has 2 N–H and O–H groups in total. The smallest absolute Gasteiger partial charge is 0.407 e. The molecule has 1 aromatic carbocycles. The van der Waals surface area contributed by atoms with Crippen LogP contribution < -0.4 is 5.32 Å². The maximum atomic E-state index is 11.5. The molecule has 1 amide bonds. The number of benzene rings is 1. The van der Waals surface area contributed by atoms with Gasteiger partial charge in [0.05, 0.1) is 6.10 Å². The summed E-state index contributed by atoms with van der Waals surface area (Å²) < 4.78 is 5.06. The third-order valence-electron chi connectivity index (χ3n) is 3.74. The van der Waals surface area contributed by atoms with Gasteiger partial charge in [-0.1, -0.05) is 30.3 Å². The first kappa shape index (κ1) is 15.5. The molecular weight excluding hydrogens is 270 g/mol. The first-order chi connectivity index (χ1) is 10.2. The standard InChI is InChI=1S/C16H21NO4/c18-14-8-4-7-13(14)15(19)9-10-17-16(20)21-11-12-5-2-1-3-6-12/h1-3,5-6,13,15,19H,4,7-11H2,(H,17,20)/t13-,15+/m0/s1. The van der Waals surface area contributed by atoms with E-state index >= 15 is 0 Å². The van der Waals surface area contributed by atoms with Gasteiger partial charge < -0.3 is 15.2 Å². The van der Waals surface area contributed by atoms with Gasteiger partial charge in [-0.05, 0) is 24.8 Å². The van der Waals surface area contributed by atoms with Crippen LogP contribution in [-0.4, -0.2) is 29.6 Å². The van der Waals surface area contributed by atoms with Crippen LogP contribution in [0.2, 0.25) is 0 Å². The predicted octanol–water partition coefficient (Wildman–Crippen LogP) is 2.03. The molecule has 1 fully saturated rings. The van der Waals surface area contributed by atoms with E-state index in [-0.39, 0.29) is 18.3 Å². The highest BCUT2D eigenvalue weighted by Crippen LogP contribution is 2.25. The Bertz CT molecular complexity index is 474. The zero-order chi connectivity index (χ0) is 15.1. The highest BCUT2D eigenvalue weighted by atomic mass is 16.5. The SMILES string of the molecule is O=C(NCC[C@@H](O)[C@H]1CCCC1=O)OCc1ccccc1. The van der Waals surface area contributed by atoms with E-state index in [9.17, 15) is 14.7 Å². The maximum absolute atomic E-state index is 11.5. The van der Waals surface area contributed by atoms with E-state index in [0.29, 0.717) is 19.4 Å². The normalized spacial score (nSPS) is 19.3. The molecule has 0 saturated heterocycles. The van der Waals surface area contributed by atoms with Crippen LogP contribution in [-0.2, 0) is 16.1 Å². The summed E-state index contributed by atoms with van der Waals surface area (Å²) in [7, 11) is 0. The van der Waals surface area contributed by atoms with Gasteiger partial charge in [0.1, 0.15) is 12.4 Å². The average Bonchev–Trinajstić information content (AvgIpc) is 2.92. The Morgan fingerprint density at radius 2 is 2.14 bits per heavy atom. The number of aliphatic hydroxyl groups is 1. The number of amides is 1. The molecule has 5 nitrogen and oxygen atoms in total. The lowest BCUT2D eigenvalue weighted by atomic mass is 9.97. The van der Waals surface area contributed by atoms with Crippen molar-refractivity contribution >= 4 is 11.9 Å². The number of carbonyl (C=O) groups excluding carboxylic acids is 2. The second kappa shape index (κ2) is 7.78. The van der Waals surface area contributed by atoms with Crippen molar-refractivity contribution in [1.29, 1.82) is 0 Å². The number of ether oxygens (including phenoxy) is 1. The lowest BCUT2D eigenvalue weighted by Gasteiger charge is -2.16. The van der Waals surface area contributed by atoms with E-state index < -0.39 is 12.2 Å². The molecule has 1 saturated carbocycles. The second-order valence-electron chi connectivity index (χ2n) is 5.31. The fourth-order valence-electron chi connectivity index (χ4n) is 2.55. The number of nitrogens with one attached hydrogen (secondary N) is 1. The Morgan fingerprint density at radius 3 is 2.81 bits per heavy atom. The Hall–Kier alpha value is -1.88. The minimum absolute atomic E-state index is 0.133. The third kappa shape index (κ3) is 4.86. The fraction of sp³-hybridized carbons (Fsp3) is 0.500. The van der Waals surface area contributed by atoms with Crippen molar-refractivity contribution in [1.82, 2.24) is 5.32 Å². The highest BCUT2D eigenvalue weighted by Gasteiger charge is 2.30. The first-order valence-electron chi connectivity index (χ1n) is 7.32. The van der Waals surface area contributed by atoms with E-state index in [1.165, 1.54) is 0 Å². The molecule has 114 valence electrons. The molecule has 0 aromatic heterocycles. The van der Waals surface area contributed by atoms with Gasteiger partial charge in [-0.2, -0.15) is 0 Å². The monoisotopic (exact) mass is 291 g/mol. The van der Waals surface area contributed by atoms with Gasteiger partial charge in [0.2, 0.25) is 0 Å². The summed E-state index contributed by atoms with van der Waals surface area (Å²) in [5, 5.41) is 12.5. The third-order valence-corrected chi connectivity index (χ3v) is 3.74. The lowest BCUT2D eigenvalue weighted by Crippen LogP contribution is -2.31. The molecule has 0 bridgehead atoms. The molecule has 0 unspecified atom stereocenters. The molecule has 5 heteroatoms. The number of carbonyl (C=O) groups is 2. The summed E-state index contributed by atoms with van der Waals surface area (Å²) >= 11 is 0. The van der Waals surface area contributed by atoms with E-state index in [1.54, 1.807) is 0 Å². The van der Waals surface area contributed by atoms with Crippen LogP contribution in [0.3, 0.4) is 0 Å². The van der Waals surface area contributed by atoms with Crippen molar-refractivity contribution in [2.45, 2.75) is 38.4 Å². The minimum atomic E-state index is -0.672. The fourth-order valence-corrected chi connectivity index (χ4v) is 2.55. The molecule has 2 atom stereocenters. The van der Waals surface area contributed by atoms with E-state index in [1.807, 2.05) is 30.3 Å². The van der Waals surface area contributed by atoms with Gasteiger partial charge in [-0.3, -0.25) is 4.79 Å². The molecule has 2 rings (SSSR count). The number of rotatable bonds is 6. The van der Waals surface area contributed by atoms with Gasteiger partial charge in [0.25, 0.3) is 0 Å². The molecule has 1 aliphatic carbocycles. The van der Waals surface area contributed by atoms with Crippen LogP contribution in [0.1, 0.15) is 31.2 Å². The van der Waals surface area contributed by atoms with Crippen molar-refractivity contribution in [3.8, 4) is 0 Å². The van der Waals surface area contributed by atoms with Gasteiger partial charge in [0, 0.05) is 18.9 Å². The summed E-state index contributed by atoms with van der Waals surface area (Å²) in [4.78, 5) is 23.0. The van der Waals surface area contributed by atoms with Crippen LogP contribution in [0.5, 0.6) is 0 Å². The number of alkyl carbamates (subject to hydrolysis) is 1. The predicted molar refractivity (Wildman–Crippen MR) is 77.6 cm³/mol. The number of ketones is 1. The summed E-state index contributed by atoms with van der Waals surface area (Å²) in [5.74, 6) is -0.124. The van der Waals surface area contributed by atoms with Gasteiger partial charge in [-0.25, -0.2) is 4.79 Å². The number of hydrogen-bond acceptors (Lipinski definition) is 4. The summed E-state index contributed by atoms with van der Waals surface area (Å²) in [6, 6.07) is 9.41. The molecule has 1 aliphatic rings. The van der Waals surface area contributed by atoms with Gasteiger partial charge in [0.15, 0.2) is 0 Å². The topological polar surface area (TPSA) is 75.6 Å². The zero-order valence-electron chi connectivity index (χ0n) is 12.0. The number of aliphatic hydroxyl groups excluding tert-OH is 1. The van der Waals surface area contributed by atoms with E-state index in [4.69, 9.17) is 4.74 Å². The lowest BCUT2D eigenvalue weighted by molar-refractivity contribution is -0.123. The molecule has 21 heavy (non-hydrogen) atoms. The summed E-state index contributed by atoms with van der Waals surface area (Å²) in [6.07, 6.45) is 1.36. The Labute approximate surface area is 124 Å². The molecule has 0 spiro atoms. The highest BCUT2D eigenvalue weighted by molar-refractivity contribution is 5.83. The van der Waals surface area contributed by atoms with Gasteiger partial charge >= 0.3 is 6.09 Å². The Balaban J connectivity index is 1.62.